The van der Waals surface area contributed by atoms with Crippen molar-refractivity contribution in [1.29, 1.82) is 0 Å². The molecule has 12 heteroatoms. The van der Waals surface area contributed by atoms with E-state index in [0.717, 1.165) is 40.0 Å². The predicted octanol–water partition coefficient (Wildman–Crippen LogP) is 1.99. The summed E-state index contributed by atoms with van der Waals surface area (Å²) in [6, 6.07) is 14.9. The number of piperidine rings is 1. The van der Waals surface area contributed by atoms with Gasteiger partial charge in [-0.2, -0.15) is 0 Å². The number of amides is 1. The number of para-hydroxylation sites is 2. The molecule has 3 N–H and O–H groups in total. The quantitative estimate of drug-likeness (QED) is 0.335. The number of halogens is 1. The average Bonchev–Trinajstić information content (AvgIpc) is 3.34. The second kappa shape index (κ2) is 11.9. The van der Waals surface area contributed by atoms with Gasteiger partial charge in [-0.3, -0.25) is 14.4 Å². The molecule has 3 heterocycles. The molecular weight excluding hydrogens is 527 g/mol. The topological polar surface area (TPSA) is 131 Å². The van der Waals surface area contributed by atoms with Crippen LogP contribution in [0.15, 0.2) is 65.6 Å². The van der Waals surface area contributed by atoms with Gasteiger partial charge in [-0.15, -0.1) is 0 Å². The third kappa shape index (κ3) is 5.97. The summed E-state index contributed by atoms with van der Waals surface area (Å²) in [4.78, 5) is 50.8. The third-order valence-corrected chi connectivity index (χ3v) is 7.40. The van der Waals surface area contributed by atoms with Crippen molar-refractivity contribution in [2.45, 2.75) is 38.4 Å². The lowest BCUT2D eigenvalue weighted by Crippen LogP contribution is -2.48. The monoisotopic (exact) mass is 560 g/mol. The molecule has 214 valence electrons. The Bertz CT molecular complexity index is 1610. The molecule has 0 saturated carbocycles. The maximum absolute atomic E-state index is 13.5. The van der Waals surface area contributed by atoms with E-state index in [1.807, 2.05) is 36.2 Å². The predicted molar refractivity (Wildman–Crippen MR) is 155 cm³/mol. The van der Waals surface area contributed by atoms with Gasteiger partial charge < -0.3 is 25.4 Å². The number of fused-ring (bicyclic) bond motifs is 1. The van der Waals surface area contributed by atoms with Crippen molar-refractivity contribution >= 4 is 34.7 Å². The van der Waals surface area contributed by atoms with Crippen LogP contribution in [0, 0.1) is 5.82 Å². The first-order valence-corrected chi connectivity index (χ1v) is 13.5. The molecule has 1 atom stereocenters. The van der Waals surface area contributed by atoms with Gasteiger partial charge in [0.05, 0.1) is 30.2 Å². The van der Waals surface area contributed by atoms with Gasteiger partial charge in [0.2, 0.25) is 17.8 Å². The highest BCUT2D eigenvalue weighted by molar-refractivity contribution is 5.89. The van der Waals surface area contributed by atoms with Crippen molar-refractivity contribution in [3.63, 3.8) is 0 Å². The van der Waals surface area contributed by atoms with Gasteiger partial charge >= 0.3 is 0 Å². The van der Waals surface area contributed by atoms with Crippen LogP contribution in [0.4, 0.5) is 16.3 Å². The fraction of sp³-hybridized carbons (Fsp3) is 0.345. The molecule has 2 aromatic carbocycles. The molecule has 2 aromatic heterocycles. The van der Waals surface area contributed by atoms with E-state index >= 15 is 0 Å². The van der Waals surface area contributed by atoms with Gasteiger partial charge in [-0.25, -0.2) is 18.9 Å². The van der Waals surface area contributed by atoms with Gasteiger partial charge in [-0.05, 0) is 49.6 Å². The Morgan fingerprint density at radius 3 is 2.54 bits per heavy atom. The molecule has 1 aliphatic heterocycles. The van der Waals surface area contributed by atoms with E-state index in [-0.39, 0.29) is 24.4 Å². The summed E-state index contributed by atoms with van der Waals surface area (Å²) in [5.74, 6) is -0.287. The molecule has 4 aromatic rings. The Labute approximate surface area is 236 Å². The minimum Gasteiger partial charge on any atom is -0.346 e. The number of nitrogens with zero attached hydrogens (tertiary/aromatic N) is 6. The maximum Gasteiger partial charge on any atom is 0.261 e. The van der Waals surface area contributed by atoms with Crippen LogP contribution in [0.5, 0.6) is 0 Å². The summed E-state index contributed by atoms with van der Waals surface area (Å²) in [7, 11) is 1.82. The zero-order valence-electron chi connectivity index (χ0n) is 23.0. The molecule has 41 heavy (non-hydrogen) atoms. The number of nitrogens with two attached hydrogens (primary N) is 1. The van der Waals surface area contributed by atoms with E-state index in [9.17, 15) is 18.8 Å². The van der Waals surface area contributed by atoms with E-state index < -0.39 is 23.4 Å². The number of hydrogen-bond donors (Lipinski definition) is 2. The Kier molecular flexibility index (Phi) is 8.11. The number of aromatic nitrogens is 4. The number of benzene rings is 2. The summed E-state index contributed by atoms with van der Waals surface area (Å²) in [6.07, 6.45) is 2.85. The highest BCUT2D eigenvalue weighted by Crippen LogP contribution is 2.28. The average molecular weight is 561 g/mol. The van der Waals surface area contributed by atoms with Crippen molar-refractivity contribution < 1.29 is 14.0 Å². The second-order valence-electron chi connectivity index (χ2n) is 10.3. The number of anilines is 2. The number of carbonyl (C=O) groups is 2. The van der Waals surface area contributed by atoms with Crippen molar-refractivity contribution in [1.82, 2.24) is 24.4 Å². The van der Waals surface area contributed by atoms with E-state index in [1.165, 1.54) is 31.3 Å². The Hall–Kier alpha value is -4.58. The molecule has 1 saturated heterocycles. The zero-order chi connectivity index (χ0) is 29.1. The largest absolute Gasteiger partial charge is 0.346 e. The minimum absolute atomic E-state index is 0.00758. The highest BCUT2D eigenvalue weighted by atomic mass is 19.1. The fourth-order valence-corrected chi connectivity index (χ4v) is 5.13. The molecule has 1 fully saturated rings. The van der Waals surface area contributed by atoms with Crippen LogP contribution >= 0.6 is 0 Å². The van der Waals surface area contributed by atoms with Gasteiger partial charge in [-0.1, -0.05) is 24.3 Å². The first-order chi connectivity index (χ1) is 19.7. The Morgan fingerprint density at radius 2 is 1.83 bits per heavy atom. The molecule has 5 rings (SSSR count). The standard InChI is InChI=1S/C29H33FN8O3/c1-19(31)27(41)33-17-26(40)38-25(39)11-14-32-28(38)35(2)22-12-15-36(16-13-22)29-34-23-5-3-4-6-24(23)37(29)18-20-7-9-21(30)10-8-20/h3-11,14,19,22H,12-13,15-18,31H2,1-2H3,(H,33,41). The molecule has 1 amide bonds. The van der Waals surface area contributed by atoms with Crippen molar-refractivity contribution in [3.8, 4) is 0 Å². The first-order valence-electron chi connectivity index (χ1n) is 13.5. The molecule has 1 aliphatic rings. The molecule has 11 nitrogen and oxygen atoms in total. The first kappa shape index (κ1) is 28.0. The van der Waals surface area contributed by atoms with Crippen molar-refractivity contribution in [2.75, 3.05) is 36.5 Å². The van der Waals surface area contributed by atoms with Gasteiger partial charge in [0.15, 0.2) is 0 Å². The summed E-state index contributed by atoms with van der Waals surface area (Å²) in [5, 5.41) is 2.46. The van der Waals surface area contributed by atoms with Crippen LogP contribution in [0.3, 0.4) is 0 Å². The van der Waals surface area contributed by atoms with E-state index in [2.05, 4.69) is 19.8 Å². The number of rotatable bonds is 8. The van der Waals surface area contributed by atoms with Crippen LogP contribution in [0.2, 0.25) is 0 Å². The SMILES string of the molecule is CC(N)C(=O)NCC(=O)n1c(N(C)C2CCN(c3nc4ccccc4n3Cc3ccc(F)cc3)CC2)nccc1=O. The van der Waals surface area contributed by atoms with Gasteiger partial charge in [0, 0.05) is 38.4 Å². The lowest BCUT2D eigenvalue weighted by molar-refractivity contribution is -0.121. The summed E-state index contributed by atoms with van der Waals surface area (Å²) < 4.78 is 16.7. The molecule has 0 bridgehead atoms. The van der Waals surface area contributed by atoms with Gasteiger partial charge in [0.25, 0.3) is 11.5 Å². The summed E-state index contributed by atoms with van der Waals surface area (Å²) in [6.45, 7) is 3.08. The van der Waals surface area contributed by atoms with Crippen LogP contribution < -0.4 is 26.4 Å². The maximum atomic E-state index is 13.5. The lowest BCUT2D eigenvalue weighted by Gasteiger charge is -2.38. The highest BCUT2D eigenvalue weighted by Gasteiger charge is 2.29. The second-order valence-corrected chi connectivity index (χ2v) is 10.3. The number of nitrogens with one attached hydrogen (secondary N) is 1. The van der Waals surface area contributed by atoms with E-state index in [0.29, 0.717) is 19.6 Å². The lowest BCUT2D eigenvalue weighted by atomic mass is 10.0. The van der Waals surface area contributed by atoms with Crippen LogP contribution in [-0.4, -0.2) is 69.7 Å². The van der Waals surface area contributed by atoms with E-state index in [1.54, 1.807) is 12.1 Å². The molecule has 0 aliphatic carbocycles. The normalized spacial score (nSPS) is 14.7. The minimum atomic E-state index is -0.773. The fourth-order valence-electron chi connectivity index (χ4n) is 5.13. The van der Waals surface area contributed by atoms with Crippen molar-refractivity contribution in [2.24, 2.45) is 5.73 Å². The van der Waals surface area contributed by atoms with Gasteiger partial charge in [0.1, 0.15) is 5.82 Å². The molecule has 1 unspecified atom stereocenters. The number of hydrogen-bond acceptors (Lipinski definition) is 8. The van der Waals surface area contributed by atoms with Crippen LogP contribution in [0.1, 0.15) is 30.1 Å². The summed E-state index contributed by atoms with van der Waals surface area (Å²) in [5.41, 5.74) is 7.90. The molecule has 0 spiro atoms. The van der Waals surface area contributed by atoms with Crippen LogP contribution in [0.25, 0.3) is 11.0 Å². The molecular formula is C29H33FN8O3. The third-order valence-electron chi connectivity index (χ3n) is 7.40. The van der Waals surface area contributed by atoms with Crippen molar-refractivity contribution in [3.05, 3.63) is 82.5 Å². The zero-order valence-corrected chi connectivity index (χ0v) is 23.0. The van der Waals surface area contributed by atoms with E-state index in [4.69, 9.17) is 10.7 Å². The summed E-state index contributed by atoms with van der Waals surface area (Å²) >= 11 is 0. The Morgan fingerprint density at radius 1 is 1.12 bits per heavy atom. The smallest absolute Gasteiger partial charge is 0.261 e. The molecule has 0 radical (unpaired) electrons. The number of imidazole rings is 1. The number of carbonyl (C=O) groups excluding carboxylic acids is 2. The van der Waals surface area contributed by atoms with Crippen LogP contribution in [-0.2, 0) is 11.3 Å². The Balaban J connectivity index is 1.33.